The van der Waals surface area contributed by atoms with Crippen LogP contribution in [0.2, 0.25) is 0 Å². The highest BCUT2D eigenvalue weighted by Crippen LogP contribution is 2.67. The summed E-state index contributed by atoms with van der Waals surface area (Å²) in [6.07, 6.45) is 11.2. The molecule has 0 aliphatic heterocycles. The van der Waals surface area contributed by atoms with Gasteiger partial charge >= 0.3 is 0 Å². The van der Waals surface area contributed by atoms with Crippen molar-refractivity contribution in [2.24, 2.45) is 46.3 Å². The second-order valence-corrected chi connectivity index (χ2v) is 12.4. The van der Waals surface area contributed by atoms with E-state index in [0.29, 0.717) is 40.9 Å². The van der Waals surface area contributed by atoms with E-state index >= 15 is 0 Å². The maximum atomic E-state index is 11.3. The lowest BCUT2D eigenvalue weighted by Gasteiger charge is -2.59. The van der Waals surface area contributed by atoms with Gasteiger partial charge in [0.2, 0.25) is 0 Å². The quantitative estimate of drug-likeness (QED) is 0.529. The van der Waals surface area contributed by atoms with E-state index < -0.39 is 0 Å². The summed E-state index contributed by atoms with van der Waals surface area (Å²) in [7, 11) is 0. The highest BCUT2D eigenvalue weighted by atomic mass is 16.3. The maximum Gasteiger partial charge on any atom is 0.0757 e. The van der Waals surface area contributed by atoms with Gasteiger partial charge in [-0.2, -0.15) is 0 Å². The van der Waals surface area contributed by atoms with Crippen LogP contribution in [0.1, 0.15) is 92.4 Å². The molecule has 3 nitrogen and oxygen atoms in total. The first kappa shape index (κ1) is 22.8. The minimum atomic E-state index is -0.343. The van der Waals surface area contributed by atoms with Gasteiger partial charge in [-0.1, -0.05) is 46.3 Å². The predicted molar refractivity (Wildman–Crippen MR) is 122 cm³/mol. The summed E-state index contributed by atoms with van der Waals surface area (Å²) < 4.78 is 0. The summed E-state index contributed by atoms with van der Waals surface area (Å²) in [5, 5.41) is 31.8. The lowest BCUT2D eigenvalue weighted by Crippen LogP contribution is -2.55. The van der Waals surface area contributed by atoms with E-state index in [-0.39, 0.29) is 23.7 Å². The molecule has 3 N–H and O–H groups in total. The molecule has 0 aromatic heterocycles. The SMILES string of the molecule is CC(C)[C@H](O)CC[C@@H](C)[C@H]1CC[C@H]2C3[C@H](O)C=C4C[C@@H](O)CC[C@]4(C)[C@H]3CC[C@]12C. The van der Waals surface area contributed by atoms with Crippen LogP contribution in [0.25, 0.3) is 0 Å². The van der Waals surface area contributed by atoms with E-state index in [2.05, 4.69) is 40.7 Å². The van der Waals surface area contributed by atoms with Crippen LogP contribution < -0.4 is 0 Å². The highest BCUT2D eigenvalue weighted by molar-refractivity contribution is 5.27. The molecule has 10 atom stereocenters. The lowest BCUT2D eigenvalue weighted by atomic mass is 9.46. The van der Waals surface area contributed by atoms with Crippen LogP contribution in [0.5, 0.6) is 0 Å². The van der Waals surface area contributed by atoms with E-state index in [0.717, 1.165) is 32.1 Å². The molecule has 1 unspecified atom stereocenters. The zero-order chi connectivity index (χ0) is 21.8. The lowest BCUT2D eigenvalue weighted by molar-refractivity contribution is -0.0973. The van der Waals surface area contributed by atoms with E-state index in [1.807, 2.05) is 0 Å². The molecule has 4 aliphatic carbocycles. The molecule has 3 fully saturated rings. The standard InChI is InChI=1S/C27H46O3/c1-16(2)23(29)9-6-17(3)20-7-8-21-25-22(11-13-27(20,21)5)26(4)12-10-19(28)14-18(26)15-24(25)30/h15-17,19-25,28-30H,6-14H2,1-5H3/t17-,19+,20-,21+,22+,23-,24-,25?,26+,27-/m1/s1. The fraction of sp³-hybridized carbons (Fsp3) is 0.926. The zero-order valence-corrected chi connectivity index (χ0v) is 20.0. The summed E-state index contributed by atoms with van der Waals surface area (Å²) >= 11 is 0. The Kier molecular flexibility index (Phi) is 6.23. The molecule has 0 bridgehead atoms. The van der Waals surface area contributed by atoms with Gasteiger partial charge in [-0.25, -0.2) is 0 Å². The number of aliphatic hydroxyl groups excluding tert-OH is 3. The van der Waals surface area contributed by atoms with Gasteiger partial charge in [0.25, 0.3) is 0 Å². The van der Waals surface area contributed by atoms with Crippen LogP contribution in [0, 0.1) is 46.3 Å². The van der Waals surface area contributed by atoms with Crippen molar-refractivity contribution in [3.8, 4) is 0 Å². The smallest absolute Gasteiger partial charge is 0.0757 e. The van der Waals surface area contributed by atoms with Gasteiger partial charge in [0.05, 0.1) is 18.3 Å². The molecule has 4 rings (SSSR count). The van der Waals surface area contributed by atoms with E-state index in [4.69, 9.17) is 0 Å². The van der Waals surface area contributed by atoms with Gasteiger partial charge < -0.3 is 15.3 Å². The van der Waals surface area contributed by atoms with Crippen molar-refractivity contribution < 1.29 is 15.3 Å². The van der Waals surface area contributed by atoms with Crippen molar-refractivity contribution in [2.75, 3.05) is 0 Å². The number of rotatable bonds is 5. The molecule has 0 heterocycles. The van der Waals surface area contributed by atoms with Crippen LogP contribution in [0.4, 0.5) is 0 Å². The average Bonchev–Trinajstić information content (AvgIpc) is 3.04. The molecular formula is C27H46O3. The molecule has 0 saturated heterocycles. The number of hydrogen-bond acceptors (Lipinski definition) is 3. The summed E-state index contributed by atoms with van der Waals surface area (Å²) in [6.45, 7) is 11.6. The topological polar surface area (TPSA) is 60.7 Å². The first-order valence-corrected chi connectivity index (χ1v) is 12.8. The Labute approximate surface area is 184 Å². The molecule has 3 heteroatoms. The molecule has 0 spiro atoms. The highest BCUT2D eigenvalue weighted by Gasteiger charge is 2.61. The second-order valence-electron chi connectivity index (χ2n) is 12.4. The van der Waals surface area contributed by atoms with Gasteiger partial charge in [-0.05, 0) is 104 Å². The summed E-state index contributed by atoms with van der Waals surface area (Å²) in [6, 6.07) is 0. The van der Waals surface area contributed by atoms with Crippen molar-refractivity contribution in [1.82, 2.24) is 0 Å². The van der Waals surface area contributed by atoms with Gasteiger partial charge in [-0.15, -0.1) is 0 Å². The van der Waals surface area contributed by atoms with Crippen LogP contribution >= 0.6 is 0 Å². The van der Waals surface area contributed by atoms with E-state index in [1.165, 1.54) is 31.3 Å². The van der Waals surface area contributed by atoms with Crippen molar-refractivity contribution in [1.29, 1.82) is 0 Å². The monoisotopic (exact) mass is 418 g/mol. The molecule has 3 saturated carbocycles. The Hall–Kier alpha value is -0.380. The van der Waals surface area contributed by atoms with Crippen molar-refractivity contribution >= 4 is 0 Å². The van der Waals surface area contributed by atoms with Crippen LogP contribution in [-0.2, 0) is 0 Å². The maximum absolute atomic E-state index is 11.3. The normalized spacial score (nSPS) is 47.8. The van der Waals surface area contributed by atoms with Crippen molar-refractivity contribution in [2.45, 2.75) is 111 Å². The second kappa shape index (κ2) is 8.19. The van der Waals surface area contributed by atoms with Crippen LogP contribution in [0.15, 0.2) is 11.6 Å². The average molecular weight is 419 g/mol. The Morgan fingerprint density at radius 3 is 2.40 bits per heavy atom. The fourth-order valence-corrected chi connectivity index (χ4v) is 8.57. The third-order valence-corrected chi connectivity index (χ3v) is 10.6. The number of aliphatic hydroxyl groups is 3. The first-order chi connectivity index (χ1) is 14.1. The van der Waals surface area contributed by atoms with E-state index in [1.54, 1.807) is 0 Å². The van der Waals surface area contributed by atoms with Crippen LogP contribution in [-0.4, -0.2) is 33.6 Å². The predicted octanol–water partition coefficient (Wildman–Crippen LogP) is 5.33. The van der Waals surface area contributed by atoms with Crippen molar-refractivity contribution in [3.05, 3.63) is 11.6 Å². The first-order valence-electron chi connectivity index (χ1n) is 12.8. The third kappa shape index (κ3) is 3.61. The molecule has 172 valence electrons. The molecule has 4 aliphatic rings. The van der Waals surface area contributed by atoms with E-state index in [9.17, 15) is 15.3 Å². The summed E-state index contributed by atoms with van der Waals surface area (Å²) in [5.41, 5.74) is 1.83. The van der Waals surface area contributed by atoms with Crippen LogP contribution in [0.3, 0.4) is 0 Å². The fourth-order valence-electron chi connectivity index (χ4n) is 8.57. The Morgan fingerprint density at radius 2 is 1.70 bits per heavy atom. The van der Waals surface area contributed by atoms with Crippen molar-refractivity contribution in [3.63, 3.8) is 0 Å². The van der Waals surface area contributed by atoms with Gasteiger partial charge in [-0.3, -0.25) is 0 Å². The minimum Gasteiger partial charge on any atom is -0.393 e. The minimum absolute atomic E-state index is 0.176. The Morgan fingerprint density at radius 1 is 0.967 bits per heavy atom. The molecule has 0 radical (unpaired) electrons. The Bertz CT molecular complexity index is 656. The largest absolute Gasteiger partial charge is 0.393 e. The third-order valence-electron chi connectivity index (χ3n) is 10.6. The molecule has 30 heavy (non-hydrogen) atoms. The summed E-state index contributed by atoms with van der Waals surface area (Å²) in [4.78, 5) is 0. The van der Waals surface area contributed by atoms with Gasteiger partial charge in [0, 0.05) is 0 Å². The summed E-state index contributed by atoms with van der Waals surface area (Å²) in [5.74, 6) is 3.24. The molecule has 0 amide bonds. The molecular weight excluding hydrogens is 372 g/mol. The number of fused-ring (bicyclic) bond motifs is 5. The van der Waals surface area contributed by atoms with Gasteiger partial charge in [0.15, 0.2) is 0 Å². The zero-order valence-electron chi connectivity index (χ0n) is 20.0. The Balaban J connectivity index is 1.53. The van der Waals surface area contributed by atoms with Gasteiger partial charge in [0.1, 0.15) is 0 Å². The molecule has 0 aromatic carbocycles. The number of hydrogen-bond donors (Lipinski definition) is 3. The molecule has 0 aromatic rings.